The van der Waals surface area contributed by atoms with E-state index in [-0.39, 0.29) is 13.0 Å². The molecule has 6 nitrogen and oxygen atoms in total. The number of nitrogens with zero attached hydrogens (tertiary/aromatic N) is 2. The molecule has 0 atom stereocenters. The van der Waals surface area contributed by atoms with Gasteiger partial charge in [0.2, 0.25) is 5.91 Å². The van der Waals surface area contributed by atoms with Crippen LogP contribution in [0.25, 0.3) is 0 Å². The quantitative estimate of drug-likeness (QED) is 0.544. The fourth-order valence-electron chi connectivity index (χ4n) is 1.80. The van der Waals surface area contributed by atoms with Gasteiger partial charge in [0, 0.05) is 6.54 Å². The number of aliphatic carboxylic acids is 1. The number of carboxylic acid groups (broad SMARTS) is 1. The first-order valence-corrected chi connectivity index (χ1v) is 6.44. The van der Waals surface area contributed by atoms with Crippen LogP contribution in [0.2, 0.25) is 0 Å². The van der Waals surface area contributed by atoms with Gasteiger partial charge in [-0.2, -0.15) is 0 Å². The van der Waals surface area contributed by atoms with Crippen molar-refractivity contribution in [2.75, 3.05) is 39.3 Å². The van der Waals surface area contributed by atoms with E-state index in [1.165, 1.54) is 0 Å². The van der Waals surface area contributed by atoms with Crippen LogP contribution in [-0.2, 0) is 9.59 Å². The number of hydrogen-bond donors (Lipinski definition) is 2. The van der Waals surface area contributed by atoms with Gasteiger partial charge in [0.15, 0.2) is 0 Å². The SMILES string of the molecule is CCN(CC)CCCN(CCC(=O)O)CC(N)=O. The lowest BCUT2D eigenvalue weighted by atomic mass is 10.3. The minimum Gasteiger partial charge on any atom is -0.481 e. The molecule has 6 heteroatoms. The Morgan fingerprint density at radius 2 is 1.61 bits per heavy atom. The Balaban J connectivity index is 3.99. The van der Waals surface area contributed by atoms with Crippen LogP contribution in [0, 0.1) is 0 Å². The van der Waals surface area contributed by atoms with Crippen LogP contribution in [0.4, 0.5) is 0 Å². The van der Waals surface area contributed by atoms with Crippen molar-refractivity contribution in [2.45, 2.75) is 26.7 Å². The molecular formula is C12H25N3O3. The topological polar surface area (TPSA) is 86.9 Å². The number of nitrogens with two attached hydrogens (primary N) is 1. The molecule has 0 heterocycles. The highest BCUT2D eigenvalue weighted by Gasteiger charge is 2.10. The summed E-state index contributed by atoms with van der Waals surface area (Å²) in [5.74, 6) is -1.27. The molecule has 3 N–H and O–H groups in total. The molecule has 1 amide bonds. The summed E-state index contributed by atoms with van der Waals surface area (Å²) >= 11 is 0. The second-order valence-corrected chi connectivity index (χ2v) is 4.27. The second kappa shape index (κ2) is 9.85. The van der Waals surface area contributed by atoms with E-state index >= 15 is 0 Å². The van der Waals surface area contributed by atoms with Gasteiger partial charge in [-0.25, -0.2) is 0 Å². The first-order valence-electron chi connectivity index (χ1n) is 6.44. The molecule has 0 spiro atoms. The maximum Gasteiger partial charge on any atom is 0.304 e. The summed E-state index contributed by atoms with van der Waals surface area (Å²) in [6.45, 7) is 8.37. The Labute approximate surface area is 109 Å². The fourth-order valence-corrected chi connectivity index (χ4v) is 1.80. The average molecular weight is 259 g/mol. The first-order chi connectivity index (χ1) is 8.49. The van der Waals surface area contributed by atoms with Crippen molar-refractivity contribution in [2.24, 2.45) is 5.73 Å². The molecule has 18 heavy (non-hydrogen) atoms. The maximum atomic E-state index is 10.9. The van der Waals surface area contributed by atoms with Crippen LogP contribution in [0.3, 0.4) is 0 Å². The standard InChI is InChI=1S/C12H25N3O3/c1-3-14(4-2)7-5-8-15(10-11(13)16)9-6-12(17)18/h3-10H2,1-2H3,(H2,13,16)(H,17,18). The Bertz CT molecular complexity index is 255. The van der Waals surface area contributed by atoms with Crippen molar-refractivity contribution in [3.63, 3.8) is 0 Å². The van der Waals surface area contributed by atoms with Crippen LogP contribution in [-0.4, -0.2) is 66.1 Å². The van der Waals surface area contributed by atoms with Gasteiger partial charge >= 0.3 is 5.97 Å². The van der Waals surface area contributed by atoms with Gasteiger partial charge in [0.05, 0.1) is 13.0 Å². The molecule has 106 valence electrons. The molecule has 0 aromatic carbocycles. The third-order valence-corrected chi connectivity index (χ3v) is 2.86. The Morgan fingerprint density at radius 3 is 2.06 bits per heavy atom. The molecule has 0 aliphatic carbocycles. The van der Waals surface area contributed by atoms with Gasteiger partial charge in [-0.15, -0.1) is 0 Å². The summed E-state index contributed by atoms with van der Waals surface area (Å²) in [5.41, 5.74) is 5.15. The zero-order valence-corrected chi connectivity index (χ0v) is 11.4. The Morgan fingerprint density at radius 1 is 1.06 bits per heavy atom. The zero-order valence-electron chi connectivity index (χ0n) is 11.4. The lowest BCUT2D eigenvalue weighted by molar-refractivity contribution is -0.137. The number of primary amides is 1. The number of carbonyl (C=O) groups is 2. The van der Waals surface area contributed by atoms with Crippen molar-refractivity contribution >= 4 is 11.9 Å². The minimum absolute atomic E-state index is 0.0402. The third kappa shape index (κ3) is 8.95. The van der Waals surface area contributed by atoms with Crippen molar-refractivity contribution < 1.29 is 14.7 Å². The summed E-state index contributed by atoms with van der Waals surface area (Å²) in [7, 11) is 0. The number of carboxylic acids is 1. The average Bonchev–Trinajstić information content (AvgIpc) is 2.30. The molecule has 0 rings (SSSR count). The van der Waals surface area contributed by atoms with E-state index in [1.54, 1.807) is 4.90 Å². The number of amides is 1. The third-order valence-electron chi connectivity index (χ3n) is 2.86. The molecular weight excluding hydrogens is 234 g/mol. The van der Waals surface area contributed by atoms with E-state index in [9.17, 15) is 9.59 Å². The van der Waals surface area contributed by atoms with Crippen LogP contribution in [0.1, 0.15) is 26.7 Å². The first kappa shape index (κ1) is 16.9. The molecule has 0 radical (unpaired) electrons. The molecule has 0 aliphatic rings. The predicted octanol–water partition coefficient (Wildman–Crippen LogP) is -0.0197. The van der Waals surface area contributed by atoms with Gasteiger partial charge in [0.1, 0.15) is 0 Å². The van der Waals surface area contributed by atoms with E-state index in [0.717, 1.165) is 26.1 Å². The lowest BCUT2D eigenvalue weighted by Gasteiger charge is -2.22. The van der Waals surface area contributed by atoms with Crippen LogP contribution >= 0.6 is 0 Å². The normalized spacial score (nSPS) is 11.1. The highest BCUT2D eigenvalue weighted by Crippen LogP contribution is 1.97. The van der Waals surface area contributed by atoms with E-state index in [2.05, 4.69) is 18.7 Å². The second-order valence-electron chi connectivity index (χ2n) is 4.27. The molecule has 0 bridgehead atoms. The Kier molecular flexibility index (Phi) is 9.22. The van der Waals surface area contributed by atoms with Gasteiger partial charge in [0.25, 0.3) is 0 Å². The maximum absolute atomic E-state index is 10.9. The van der Waals surface area contributed by atoms with Crippen molar-refractivity contribution in [1.82, 2.24) is 9.80 Å². The van der Waals surface area contributed by atoms with Crippen LogP contribution < -0.4 is 5.73 Å². The predicted molar refractivity (Wildman–Crippen MR) is 70.3 cm³/mol. The molecule has 0 aromatic rings. The van der Waals surface area contributed by atoms with E-state index in [0.29, 0.717) is 13.1 Å². The molecule has 0 aromatic heterocycles. The Hall–Kier alpha value is -1.14. The summed E-state index contributed by atoms with van der Waals surface area (Å²) in [5, 5.41) is 8.64. The highest BCUT2D eigenvalue weighted by molar-refractivity contribution is 5.76. The number of rotatable bonds is 11. The monoisotopic (exact) mass is 259 g/mol. The van der Waals surface area contributed by atoms with Crippen molar-refractivity contribution in [3.8, 4) is 0 Å². The number of hydrogen-bond acceptors (Lipinski definition) is 4. The number of carbonyl (C=O) groups excluding carboxylic acids is 1. The smallest absolute Gasteiger partial charge is 0.304 e. The zero-order chi connectivity index (χ0) is 14.0. The molecule has 0 saturated carbocycles. The largest absolute Gasteiger partial charge is 0.481 e. The van der Waals surface area contributed by atoms with Gasteiger partial charge in [-0.1, -0.05) is 13.8 Å². The van der Waals surface area contributed by atoms with E-state index in [1.807, 2.05) is 0 Å². The van der Waals surface area contributed by atoms with Crippen molar-refractivity contribution in [3.05, 3.63) is 0 Å². The highest BCUT2D eigenvalue weighted by atomic mass is 16.4. The van der Waals surface area contributed by atoms with Crippen LogP contribution in [0.5, 0.6) is 0 Å². The van der Waals surface area contributed by atoms with Gasteiger partial charge in [-0.05, 0) is 32.6 Å². The fraction of sp³-hybridized carbons (Fsp3) is 0.833. The lowest BCUT2D eigenvalue weighted by Crippen LogP contribution is -2.37. The van der Waals surface area contributed by atoms with Crippen LogP contribution in [0.15, 0.2) is 0 Å². The summed E-state index contributed by atoms with van der Waals surface area (Å²) in [6.07, 6.45) is 0.952. The minimum atomic E-state index is -0.854. The molecule has 0 saturated heterocycles. The summed E-state index contributed by atoms with van der Waals surface area (Å²) < 4.78 is 0. The van der Waals surface area contributed by atoms with E-state index < -0.39 is 11.9 Å². The van der Waals surface area contributed by atoms with E-state index in [4.69, 9.17) is 10.8 Å². The summed E-state index contributed by atoms with van der Waals surface area (Å²) in [6, 6.07) is 0. The molecule has 0 aliphatic heterocycles. The van der Waals surface area contributed by atoms with Gasteiger partial charge < -0.3 is 15.7 Å². The molecule has 0 unspecified atom stereocenters. The summed E-state index contributed by atoms with van der Waals surface area (Å²) in [4.78, 5) is 25.5. The molecule has 0 fully saturated rings. The van der Waals surface area contributed by atoms with Crippen molar-refractivity contribution in [1.29, 1.82) is 0 Å². The van der Waals surface area contributed by atoms with Gasteiger partial charge in [-0.3, -0.25) is 14.5 Å².